The smallest absolute Gasteiger partial charge is 0.361 e. The minimum Gasteiger partial charge on any atom is -0.361 e. The van der Waals surface area contributed by atoms with Gasteiger partial charge in [0.15, 0.2) is 5.78 Å². The van der Waals surface area contributed by atoms with Crippen LogP contribution in [0.25, 0.3) is 10.9 Å². The largest absolute Gasteiger partial charge is 0.416 e. The number of Topliss-reactive ketones (excluding diaryl/α,β-unsaturated/α-hetero) is 1. The highest BCUT2D eigenvalue weighted by Gasteiger charge is 2.34. The zero-order valence-electron chi connectivity index (χ0n) is 25.4. The fourth-order valence-electron chi connectivity index (χ4n) is 7.85. The Morgan fingerprint density at radius 2 is 1.53 bits per heavy atom. The van der Waals surface area contributed by atoms with Crippen LogP contribution in [-0.2, 0) is 25.7 Å². The molecule has 1 aromatic heterocycles. The zero-order valence-corrected chi connectivity index (χ0v) is 25.4. The third kappa shape index (κ3) is 6.45. The third-order valence-corrected chi connectivity index (χ3v) is 10.5. The lowest BCUT2D eigenvalue weighted by atomic mass is 9.85. The standard InChI is InChI=1S/C37H39F4N3O/c38-34-4-2-1-3-27(34)22-43-13-9-24(10-14-43)17-29-19-28-18-26(5-7-32(28)36(29)45)25-11-15-44(16-12-25)23-30-21-42-35-8-6-31(20-33(30)35)37(39,40)41/h1-8,18,20-21,24-25,29,42H,9-17,19,22-23H2. The molecule has 8 heteroatoms. The maximum Gasteiger partial charge on any atom is 0.416 e. The van der Waals surface area contributed by atoms with Gasteiger partial charge in [0.05, 0.1) is 5.56 Å². The summed E-state index contributed by atoms with van der Waals surface area (Å²) >= 11 is 0. The Hall–Kier alpha value is -3.49. The fraction of sp³-hybridized carbons (Fsp3) is 0.432. The number of aromatic nitrogens is 1. The summed E-state index contributed by atoms with van der Waals surface area (Å²) < 4.78 is 53.9. The first kappa shape index (κ1) is 30.2. The molecule has 3 heterocycles. The molecule has 2 fully saturated rings. The molecule has 3 aromatic carbocycles. The Bertz CT molecular complexity index is 1680. The number of piperidine rings is 2. The van der Waals surface area contributed by atoms with Gasteiger partial charge in [-0.2, -0.15) is 13.2 Å². The lowest BCUT2D eigenvalue weighted by Gasteiger charge is -2.33. The molecule has 0 radical (unpaired) electrons. The minimum absolute atomic E-state index is 0.0502. The monoisotopic (exact) mass is 617 g/mol. The number of nitrogens with zero attached hydrogens (tertiary/aromatic N) is 2. The van der Waals surface area contributed by atoms with Crippen LogP contribution < -0.4 is 0 Å². The number of benzene rings is 3. The van der Waals surface area contributed by atoms with Crippen molar-refractivity contribution in [3.05, 3.63) is 106 Å². The van der Waals surface area contributed by atoms with Gasteiger partial charge in [-0.1, -0.05) is 36.4 Å². The van der Waals surface area contributed by atoms with Crippen LogP contribution in [0.1, 0.15) is 76.2 Å². The number of ketones is 1. The highest BCUT2D eigenvalue weighted by Crippen LogP contribution is 2.38. The van der Waals surface area contributed by atoms with Gasteiger partial charge in [-0.15, -0.1) is 0 Å². The Balaban J connectivity index is 0.917. The Morgan fingerprint density at radius 3 is 2.27 bits per heavy atom. The summed E-state index contributed by atoms with van der Waals surface area (Å²) in [6.45, 7) is 4.89. The Kier molecular flexibility index (Phi) is 8.29. The molecule has 0 saturated carbocycles. The molecule has 3 aliphatic rings. The second-order valence-electron chi connectivity index (χ2n) is 13.4. The van der Waals surface area contributed by atoms with E-state index >= 15 is 0 Å². The Labute approximate surface area is 261 Å². The number of halogens is 4. The summed E-state index contributed by atoms with van der Waals surface area (Å²) in [7, 11) is 0. The topological polar surface area (TPSA) is 39.3 Å². The van der Waals surface area contributed by atoms with Gasteiger partial charge in [-0.25, -0.2) is 4.39 Å². The number of carbonyl (C=O) groups is 1. The molecule has 1 N–H and O–H groups in total. The van der Waals surface area contributed by atoms with Crippen molar-refractivity contribution in [2.45, 2.75) is 63.7 Å². The molecule has 7 rings (SSSR count). The van der Waals surface area contributed by atoms with Gasteiger partial charge in [0.25, 0.3) is 0 Å². The lowest BCUT2D eigenvalue weighted by Crippen LogP contribution is -2.34. The number of hydrogen-bond donors (Lipinski definition) is 1. The van der Waals surface area contributed by atoms with Crippen molar-refractivity contribution in [3.63, 3.8) is 0 Å². The van der Waals surface area contributed by atoms with E-state index in [-0.39, 0.29) is 17.5 Å². The average molecular weight is 618 g/mol. The highest BCUT2D eigenvalue weighted by molar-refractivity contribution is 6.02. The van der Waals surface area contributed by atoms with Gasteiger partial charge in [0, 0.05) is 47.2 Å². The molecule has 2 aliphatic heterocycles. The van der Waals surface area contributed by atoms with Crippen LogP contribution in [0, 0.1) is 17.7 Å². The van der Waals surface area contributed by atoms with Crippen molar-refractivity contribution in [2.24, 2.45) is 11.8 Å². The number of aromatic amines is 1. The van der Waals surface area contributed by atoms with Gasteiger partial charge in [-0.3, -0.25) is 14.6 Å². The number of rotatable bonds is 7. The van der Waals surface area contributed by atoms with Crippen molar-refractivity contribution < 1.29 is 22.4 Å². The first-order valence-corrected chi connectivity index (χ1v) is 16.2. The molecule has 1 unspecified atom stereocenters. The molecule has 1 aliphatic carbocycles. The average Bonchev–Trinajstić information content (AvgIpc) is 3.58. The summed E-state index contributed by atoms with van der Waals surface area (Å²) in [6, 6.07) is 17.3. The van der Waals surface area contributed by atoms with E-state index in [1.165, 1.54) is 29.3 Å². The van der Waals surface area contributed by atoms with Crippen LogP contribution in [0.5, 0.6) is 0 Å². The molecule has 0 amide bonds. The van der Waals surface area contributed by atoms with E-state index in [9.17, 15) is 22.4 Å². The van der Waals surface area contributed by atoms with Crippen molar-refractivity contribution >= 4 is 16.7 Å². The second-order valence-corrected chi connectivity index (χ2v) is 13.4. The molecular weight excluding hydrogens is 578 g/mol. The summed E-state index contributed by atoms with van der Waals surface area (Å²) in [5.41, 5.74) is 5.11. The van der Waals surface area contributed by atoms with E-state index in [4.69, 9.17) is 0 Å². The van der Waals surface area contributed by atoms with E-state index in [2.05, 4.69) is 26.9 Å². The van der Waals surface area contributed by atoms with Gasteiger partial charge in [-0.05, 0) is 117 Å². The highest BCUT2D eigenvalue weighted by atomic mass is 19.4. The van der Waals surface area contributed by atoms with Crippen LogP contribution >= 0.6 is 0 Å². The number of hydrogen-bond acceptors (Lipinski definition) is 3. The van der Waals surface area contributed by atoms with Crippen LogP contribution in [0.15, 0.2) is 66.9 Å². The van der Waals surface area contributed by atoms with Crippen LogP contribution in [-0.4, -0.2) is 46.7 Å². The number of alkyl halides is 3. The number of likely N-dealkylation sites (tertiary alicyclic amines) is 2. The number of carbonyl (C=O) groups excluding carboxylic acids is 1. The van der Waals surface area contributed by atoms with Gasteiger partial charge < -0.3 is 4.98 Å². The van der Waals surface area contributed by atoms with Crippen molar-refractivity contribution in [3.8, 4) is 0 Å². The van der Waals surface area contributed by atoms with E-state index < -0.39 is 11.7 Å². The van der Waals surface area contributed by atoms with E-state index in [0.29, 0.717) is 30.3 Å². The maximum atomic E-state index is 14.1. The van der Waals surface area contributed by atoms with Gasteiger partial charge in [0.1, 0.15) is 5.82 Å². The molecular formula is C37H39F4N3O. The normalized spacial score (nSPS) is 20.7. The van der Waals surface area contributed by atoms with Gasteiger partial charge in [0.2, 0.25) is 0 Å². The molecule has 1 atom stereocenters. The Morgan fingerprint density at radius 1 is 0.822 bits per heavy atom. The molecule has 4 nitrogen and oxygen atoms in total. The summed E-state index contributed by atoms with van der Waals surface area (Å²) in [4.78, 5) is 21.1. The summed E-state index contributed by atoms with van der Waals surface area (Å²) in [5, 5.41) is 0.637. The molecule has 4 aromatic rings. The van der Waals surface area contributed by atoms with E-state index in [1.54, 1.807) is 6.07 Å². The van der Waals surface area contributed by atoms with Crippen molar-refractivity contribution in [2.75, 3.05) is 26.2 Å². The van der Waals surface area contributed by atoms with Crippen molar-refractivity contribution in [1.82, 2.24) is 14.8 Å². The lowest BCUT2D eigenvalue weighted by molar-refractivity contribution is -0.137. The van der Waals surface area contributed by atoms with Crippen LogP contribution in [0.2, 0.25) is 0 Å². The SMILES string of the molecule is O=C1c2ccc(C3CCN(Cc4c[nH]c5ccc(C(F)(F)F)cc45)CC3)cc2CC1CC1CCN(Cc2ccccc2F)CC1. The molecule has 45 heavy (non-hydrogen) atoms. The summed E-state index contributed by atoms with van der Waals surface area (Å²) in [5.74, 6) is 1.13. The number of H-pyrrole nitrogens is 1. The first-order chi connectivity index (χ1) is 21.7. The molecule has 0 bridgehead atoms. The van der Waals surface area contributed by atoms with E-state index in [0.717, 1.165) is 93.0 Å². The maximum absolute atomic E-state index is 14.1. The van der Waals surface area contributed by atoms with Crippen LogP contribution in [0.3, 0.4) is 0 Å². The minimum atomic E-state index is -4.36. The fourth-order valence-corrected chi connectivity index (χ4v) is 7.85. The number of fused-ring (bicyclic) bond motifs is 2. The van der Waals surface area contributed by atoms with Gasteiger partial charge >= 0.3 is 6.18 Å². The second kappa shape index (κ2) is 12.4. The summed E-state index contributed by atoms with van der Waals surface area (Å²) in [6.07, 6.45) is 3.27. The molecule has 0 spiro atoms. The zero-order chi connectivity index (χ0) is 31.1. The number of nitrogens with one attached hydrogen (secondary N) is 1. The first-order valence-electron chi connectivity index (χ1n) is 16.2. The predicted octanol–water partition coefficient (Wildman–Crippen LogP) is 8.36. The quantitative estimate of drug-likeness (QED) is 0.212. The molecule has 236 valence electrons. The van der Waals surface area contributed by atoms with E-state index in [1.807, 2.05) is 24.4 Å². The van der Waals surface area contributed by atoms with Crippen LogP contribution in [0.4, 0.5) is 17.6 Å². The molecule has 2 saturated heterocycles. The van der Waals surface area contributed by atoms with Crippen molar-refractivity contribution in [1.29, 1.82) is 0 Å². The predicted molar refractivity (Wildman–Crippen MR) is 168 cm³/mol. The third-order valence-electron chi connectivity index (χ3n) is 10.5.